The van der Waals surface area contributed by atoms with E-state index >= 15 is 0 Å². The van der Waals surface area contributed by atoms with Crippen molar-refractivity contribution >= 4 is 6.09 Å². The van der Waals surface area contributed by atoms with Crippen molar-refractivity contribution in [2.45, 2.75) is 19.1 Å². The SMILES string of the molecule is CC(O)c1ccc(OCC2CNC(=O)O2)cc1. The second-order valence-corrected chi connectivity index (χ2v) is 3.96. The summed E-state index contributed by atoms with van der Waals surface area (Å²) >= 11 is 0. The molecule has 5 heteroatoms. The molecule has 1 fully saturated rings. The fraction of sp³-hybridized carbons (Fsp3) is 0.417. The lowest BCUT2D eigenvalue weighted by Crippen LogP contribution is -2.21. The molecule has 1 aromatic carbocycles. The summed E-state index contributed by atoms with van der Waals surface area (Å²) in [4.78, 5) is 10.8. The van der Waals surface area contributed by atoms with Gasteiger partial charge in [-0.15, -0.1) is 0 Å². The summed E-state index contributed by atoms with van der Waals surface area (Å²) < 4.78 is 10.4. The number of aliphatic hydroxyl groups is 1. The monoisotopic (exact) mass is 237 g/mol. The van der Waals surface area contributed by atoms with Gasteiger partial charge >= 0.3 is 6.09 Å². The minimum absolute atomic E-state index is 0.237. The van der Waals surface area contributed by atoms with Crippen molar-refractivity contribution in [1.82, 2.24) is 5.32 Å². The maximum atomic E-state index is 10.8. The van der Waals surface area contributed by atoms with Crippen LogP contribution in [0.1, 0.15) is 18.6 Å². The Labute approximate surface area is 99.3 Å². The number of hydrogen-bond acceptors (Lipinski definition) is 4. The Morgan fingerprint density at radius 3 is 2.76 bits per heavy atom. The fourth-order valence-corrected chi connectivity index (χ4v) is 1.56. The predicted octanol–water partition coefficient (Wildman–Crippen LogP) is 1.23. The van der Waals surface area contributed by atoms with Crippen molar-refractivity contribution in [2.75, 3.05) is 13.2 Å². The molecule has 2 unspecified atom stereocenters. The van der Waals surface area contributed by atoms with Crippen molar-refractivity contribution in [1.29, 1.82) is 0 Å². The highest BCUT2D eigenvalue weighted by Gasteiger charge is 2.22. The summed E-state index contributed by atoms with van der Waals surface area (Å²) in [6, 6.07) is 7.18. The molecule has 1 heterocycles. The Morgan fingerprint density at radius 2 is 2.24 bits per heavy atom. The molecule has 1 amide bonds. The number of cyclic esters (lactones) is 1. The van der Waals surface area contributed by atoms with E-state index in [4.69, 9.17) is 9.47 Å². The summed E-state index contributed by atoms with van der Waals surface area (Å²) in [6.07, 6.45) is -1.12. The lowest BCUT2D eigenvalue weighted by atomic mass is 10.1. The lowest BCUT2D eigenvalue weighted by Gasteiger charge is -2.11. The first-order chi connectivity index (χ1) is 8.15. The number of carbonyl (C=O) groups is 1. The average molecular weight is 237 g/mol. The Morgan fingerprint density at radius 1 is 1.53 bits per heavy atom. The molecule has 2 rings (SSSR count). The molecule has 0 bridgehead atoms. The highest BCUT2D eigenvalue weighted by molar-refractivity contribution is 5.69. The number of hydrogen-bond donors (Lipinski definition) is 2. The van der Waals surface area contributed by atoms with Crippen LogP contribution in [-0.4, -0.2) is 30.5 Å². The van der Waals surface area contributed by atoms with E-state index in [9.17, 15) is 9.90 Å². The first-order valence-electron chi connectivity index (χ1n) is 5.50. The second-order valence-electron chi connectivity index (χ2n) is 3.96. The van der Waals surface area contributed by atoms with E-state index in [0.29, 0.717) is 18.9 Å². The average Bonchev–Trinajstić information content (AvgIpc) is 2.73. The molecule has 1 aliphatic heterocycles. The summed E-state index contributed by atoms with van der Waals surface area (Å²) in [5.41, 5.74) is 0.839. The molecule has 0 aromatic heterocycles. The van der Waals surface area contributed by atoms with Gasteiger partial charge in [0.25, 0.3) is 0 Å². The van der Waals surface area contributed by atoms with Gasteiger partial charge in [-0.1, -0.05) is 12.1 Å². The van der Waals surface area contributed by atoms with Gasteiger partial charge in [-0.25, -0.2) is 4.79 Å². The molecule has 1 saturated heterocycles. The molecule has 2 atom stereocenters. The van der Waals surface area contributed by atoms with Crippen molar-refractivity contribution < 1.29 is 19.4 Å². The third-order valence-corrected chi connectivity index (χ3v) is 2.55. The number of ether oxygens (including phenoxy) is 2. The molecular formula is C12H15NO4. The van der Waals surface area contributed by atoms with Crippen LogP contribution in [0.5, 0.6) is 5.75 Å². The molecule has 0 aliphatic carbocycles. The van der Waals surface area contributed by atoms with Crippen molar-refractivity contribution in [3.63, 3.8) is 0 Å². The van der Waals surface area contributed by atoms with Gasteiger partial charge in [-0.3, -0.25) is 0 Å². The smallest absolute Gasteiger partial charge is 0.407 e. The highest BCUT2D eigenvalue weighted by atomic mass is 16.6. The zero-order valence-corrected chi connectivity index (χ0v) is 9.55. The van der Waals surface area contributed by atoms with Crippen molar-refractivity contribution in [2.24, 2.45) is 0 Å². The van der Waals surface area contributed by atoms with Crippen LogP contribution in [0.15, 0.2) is 24.3 Å². The molecule has 0 saturated carbocycles. The van der Waals surface area contributed by atoms with E-state index in [1.54, 1.807) is 31.2 Å². The number of nitrogens with one attached hydrogen (secondary N) is 1. The van der Waals surface area contributed by atoms with E-state index in [1.165, 1.54) is 0 Å². The minimum Gasteiger partial charge on any atom is -0.490 e. The number of benzene rings is 1. The van der Waals surface area contributed by atoms with Gasteiger partial charge < -0.3 is 19.9 Å². The van der Waals surface area contributed by atoms with Gasteiger partial charge in [-0.2, -0.15) is 0 Å². The summed E-state index contributed by atoms with van der Waals surface area (Å²) in [7, 11) is 0. The number of amides is 1. The maximum absolute atomic E-state index is 10.8. The molecule has 17 heavy (non-hydrogen) atoms. The molecule has 0 spiro atoms. The minimum atomic E-state index is -0.482. The first-order valence-corrected chi connectivity index (χ1v) is 5.50. The lowest BCUT2D eigenvalue weighted by molar-refractivity contribution is 0.105. The number of aliphatic hydroxyl groups excluding tert-OH is 1. The molecular weight excluding hydrogens is 222 g/mol. The van der Waals surface area contributed by atoms with Crippen LogP contribution in [0.3, 0.4) is 0 Å². The van der Waals surface area contributed by atoms with E-state index < -0.39 is 12.2 Å². The Hall–Kier alpha value is -1.75. The van der Waals surface area contributed by atoms with E-state index in [0.717, 1.165) is 5.56 Å². The van der Waals surface area contributed by atoms with Gasteiger partial charge in [-0.05, 0) is 24.6 Å². The summed E-state index contributed by atoms with van der Waals surface area (Å²) in [6.45, 7) is 2.51. The van der Waals surface area contributed by atoms with Gasteiger partial charge in [0.1, 0.15) is 12.4 Å². The van der Waals surface area contributed by atoms with Crippen molar-refractivity contribution in [3.05, 3.63) is 29.8 Å². The molecule has 5 nitrogen and oxygen atoms in total. The van der Waals surface area contributed by atoms with Crippen LogP contribution in [0.4, 0.5) is 4.79 Å². The summed E-state index contributed by atoms with van der Waals surface area (Å²) in [5.74, 6) is 0.692. The van der Waals surface area contributed by atoms with Gasteiger partial charge in [0.15, 0.2) is 6.10 Å². The highest BCUT2D eigenvalue weighted by Crippen LogP contribution is 2.17. The first kappa shape index (κ1) is 11.7. The van der Waals surface area contributed by atoms with Crippen LogP contribution in [-0.2, 0) is 4.74 Å². The van der Waals surface area contributed by atoms with Crippen molar-refractivity contribution in [3.8, 4) is 5.75 Å². The third kappa shape index (κ3) is 3.10. The number of carbonyl (C=O) groups excluding carboxylic acids is 1. The zero-order chi connectivity index (χ0) is 12.3. The quantitative estimate of drug-likeness (QED) is 0.826. The second kappa shape index (κ2) is 5.05. The van der Waals surface area contributed by atoms with Crippen LogP contribution in [0, 0.1) is 0 Å². The van der Waals surface area contributed by atoms with Gasteiger partial charge in [0, 0.05) is 0 Å². The Kier molecular flexibility index (Phi) is 3.49. The molecule has 2 N–H and O–H groups in total. The maximum Gasteiger partial charge on any atom is 0.407 e. The van der Waals surface area contributed by atoms with Crippen LogP contribution < -0.4 is 10.1 Å². The van der Waals surface area contributed by atoms with E-state index in [-0.39, 0.29) is 6.10 Å². The predicted molar refractivity (Wildman–Crippen MR) is 60.8 cm³/mol. The standard InChI is InChI=1S/C12H15NO4/c1-8(14)9-2-4-10(5-3-9)16-7-11-6-13-12(15)17-11/h2-5,8,11,14H,6-7H2,1H3,(H,13,15). The molecule has 1 aromatic rings. The zero-order valence-electron chi connectivity index (χ0n) is 9.55. The Bertz CT molecular complexity index is 388. The largest absolute Gasteiger partial charge is 0.490 e. The summed E-state index contributed by atoms with van der Waals surface area (Å²) in [5, 5.41) is 11.9. The third-order valence-electron chi connectivity index (χ3n) is 2.55. The van der Waals surface area contributed by atoms with Gasteiger partial charge in [0.05, 0.1) is 12.6 Å². The number of rotatable bonds is 4. The number of alkyl carbamates (subject to hydrolysis) is 1. The topological polar surface area (TPSA) is 67.8 Å². The van der Waals surface area contributed by atoms with E-state index in [1.807, 2.05) is 0 Å². The normalized spacial score (nSPS) is 20.6. The van der Waals surface area contributed by atoms with Crippen LogP contribution in [0.2, 0.25) is 0 Å². The Balaban J connectivity index is 1.85. The van der Waals surface area contributed by atoms with E-state index in [2.05, 4.69) is 5.32 Å². The van der Waals surface area contributed by atoms with Crippen LogP contribution in [0.25, 0.3) is 0 Å². The van der Waals surface area contributed by atoms with Crippen LogP contribution >= 0.6 is 0 Å². The fourth-order valence-electron chi connectivity index (χ4n) is 1.56. The van der Waals surface area contributed by atoms with Gasteiger partial charge in [0.2, 0.25) is 0 Å². The molecule has 1 aliphatic rings. The molecule has 0 radical (unpaired) electrons. The molecule has 92 valence electrons.